The number of fused-ring (bicyclic) bond motifs is 1. The lowest BCUT2D eigenvalue weighted by Gasteiger charge is -2.27. The largest absolute Gasteiger partial charge is 0.356 e. The van der Waals surface area contributed by atoms with Gasteiger partial charge in [0.15, 0.2) is 0 Å². The minimum atomic E-state index is -0.323. The summed E-state index contributed by atoms with van der Waals surface area (Å²) in [6.07, 6.45) is 1.06. The Kier molecular flexibility index (Phi) is 6.19. The highest BCUT2D eigenvalue weighted by Gasteiger charge is 2.10. The molecule has 1 aliphatic rings. The van der Waals surface area contributed by atoms with Gasteiger partial charge in [0.25, 0.3) is 11.1 Å². The standard InChI is InChI=1S/C18H25N5O3/c24-16(20-7-3-10-22-12-8-19-9-13-22)6-11-23-18(26)15-5-2-1-4-14(15)17(25)21-23/h1-2,4-5,19H,3,6-13H2,(H,20,24)(H,21,25). The van der Waals surface area contributed by atoms with Gasteiger partial charge in [0.05, 0.1) is 17.3 Å². The number of benzene rings is 1. The van der Waals surface area contributed by atoms with E-state index in [0.717, 1.165) is 39.1 Å². The third-order valence-electron chi connectivity index (χ3n) is 4.63. The van der Waals surface area contributed by atoms with Crippen molar-refractivity contribution >= 4 is 16.7 Å². The van der Waals surface area contributed by atoms with Crippen LogP contribution in [0.1, 0.15) is 12.8 Å². The monoisotopic (exact) mass is 359 g/mol. The molecule has 1 aromatic heterocycles. The van der Waals surface area contributed by atoms with Crippen molar-refractivity contribution in [3.8, 4) is 0 Å². The molecule has 1 aliphatic heterocycles. The molecule has 0 atom stereocenters. The van der Waals surface area contributed by atoms with E-state index in [9.17, 15) is 14.4 Å². The minimum Gasteiger partial charge on any atom is -0.356 e. The second-order valence-corrected chi connectivity index (χ2v) is 6.49. The molecular formula is C18H25N5O3. The van der Waals surface area contributed by atoms with E-state index in [1.807, 2.05) is 0 Å². The number of carbonyl (C=O) groups excluding carboxylic acids is 1. The maximum absolute atomic E-state index is 12.4. The van der Waals surface area contributed by atoms with Crippen LogP contribution in [0.25, 0.3) is 10.8 Å². The van der Waals surface area contributed by atoms with Crippen LogP contribution in [0.3, 0.4) is 0 Å². The predicted molar refractivity (Wildman–Crippen MR) is 100 cm³/mol. The van der Waals surface area contributed by atoms with Crippen LogP contribution in [0.2, 0.25) is 0 Å². The van der Waals surface area contributed by atoms with Gasteiger partial charge < -0.3 is 15.5 Å². The average molecular weight is 359 g/mol. The number of H-pyrrole nitrogens is 1. The number of amides is 1. The molecule has 1 amide bonds. The maximum atomic E-state index is 12.4. The van der Waals surface area contributed by atoms with E-state index in [1.54, 1.807) is 24.3 Å². The van der Waals surface area contributed by atoms with Gasteiger partial charge in [-0.3, -0.25) is 19.5 Å². The van der Waals surface area contributed by atoms with E-state index in [1.165, 1.54) is 4.68 Å². The van der Waals surface area contributed by atoms with Crippen LogP contribution in [0.5, 0.6) is 0 Å². The van der Waals surface area contributed by atoms with E-state index in [2.05, 4.69) is 20.6 Å². The van der Waals surface area contributed by atoms with Crippen molar-refractivity contribution < 1.29 is 4.79 Å². The summed E-state index contributed by atoms with van der Waals surface area (Å²) in [4.78, 5) is 38.8. The predicted octanol–water partition coefficient (Wildman–Crippen LogP) is -0.509. The maximum Gasteiger partial charge on any atom is 0.273 e. The number of aromatic nitrogens is 2. The van der Waals surface area contributed by atoms with Crippen molar-refractivity contribution in [1.82, 2.24) is 25.3 Å². The molecule has 0 spiro atoms. The molecule has 3 rings (SSSR count). The molecule has 0 bridgehead atoms. The van der Waals surface area contributed by atoms with Crippen molar-refractivity contribution in [3.05, 3.63) is 45.0 Å². The van der Waals surface area contributed by atoms with Crippen molar-refractivity contribution in [2.45, 2.75) is 19.4 Å². The number of nitrogens with one attached hydrogen (secondary N) is 3. The second kappa shape index (κ2) is 8.77. The topological polar surface area (TPSA) is 99.2 Å². The number of rotatable bonds is 7. The normalized spacial score (nSPS) is 15.2. The van der Waals surface area contributed by atoms with Gasteiger partial charge in [-0.1, -0.05) is 12.1 Å². The molecule has 0 radical (unpaired) electrons. The number of hydrogen-bond acceptors (Lipinski definition) is 5. The Morgan fingerprint density at radius 3 is 2.58 bits per heavy atom. The fourth-order valence-electron chi connectivity index (χ4n) is 3.17. The molecule has 0 aliphatic carbocycles. The molecule has 140 valence electrons. The summed E-state index contributed by atoms with van der Waals surface area (Å²) in [5.41, 5.74) is -0.608. The van der Waals surface area contributed by atoms with Crippen LogP contribution in [0.15, 0.2) is 33.9 Å². The highest BCUT2D eigenvalue weighted by Crippen LogP contribution is 2.02. The SMILES string of the molecule is O=C(CCn1[nH]c(=O)c2ccccc2c1=O)NCCCN1CCNCC1. The Morgan fingerprint density at radius 1 is 1.08 bits per heavy atom. The Morgan fingerprint density at radius 2 is 1.81 bits per heavy atom. The van der Waals surface area contributed by atoms with Crippen LogP contribution in [0, 0.1) is 0 Å². The lowest BCUT2D eigenvalue weighted by atomic mass is 10.2. The highest BCUT2D eigenvalue weighted by atomic mass is 16.2. The smallest absolute Gasteiger partial charge is 0.273 e. The van der Waals surface area contributed by atoms with Crippen molar-refractivity contribution in [3.63, 3.8) is 0 Å². The minimum absolute atomic E-state index is 0.119. The quantitative estimate of drug-likeness (QED) is 0.579. The zero-order valence-corrected chi connectivity index (χ0v) is 14.8. The molecule has 1 aromatic carbocycles. The average Bonchev–Trinajstić information content (AvgIpc) is 2.68. The molecule has 8 heteroatoms. The third kappa shape index (κ3) is 4.59. The summed E-state index contributed by atoms with van der Waals surface area (Å²) in [6, 6.07) is 6.68. The first-order chi connectivity index (χ1) is 12.6. The zero-order valence-electron chi connectivity index (χ0n) is 14.8. The number of piperazine rings is 1. The Labute approximate surface area is 151 Å². The van der Waals surface area contributed by atoms with E-state index in [4.69, 9.17) is 0 Å². The second-order valence-electron chi connectivity index (χ2n) is 6.49. The summed E-state index contributed by atoms with van der Waals surface area (Å²) in [7, 11) is 0. The zero-order chi connectivity index (χ0) is 18.4. The van der Waals surface area contributed by atoms with E-state index < -0.39 is 0 Å². The number of hydrogen-bond donors (Lipinski definition) is 3. The third-order valence-corrected chi connectivity index (χ3v) is 4.63. The lowest BCUT2D eigenvalue weighted by molar-refractivity contribution is -0.121. The molecule has 3 N–H and O–H groups in total. The van der Waals surface area contributed by atoms with Gasteiger partial charge in [-0.2, -0.15) is 0 Å². The number of aromatic amines is 1. The number of aryl methyl sites for hydroxylation is 1. The van der Waals surface area contributed by atoms with E-state index in [-0.39, 0.29) is 30.0 Å². The van der Waals surface area contributed by atoms with Gasteiger partial charge in [0.1, 0.15) is 0 Å². The molecule has 26 heavy (non-hydrogen) atoms. The Balaban J connectivity index is 1.47. The first-order valence-corrected chi connectivity index (χ1v) is 9.07. The van der Waals surface area contributed by atoms with Gasteiger partial charge in [-0.05, 0) is 25.1 Å². The molecule has 2 aromatic rings. The summed E-state index contributed by atoms with van der Waals surface area (Å²) in [5, 5.41) is 9.46. The fourth-order valence-corrected chi connectivity index (χ4v) is 3.17. The Hall–Kier alpha value is -2.45. The van der Waals surface area contributed by atoms with Gasteiger partial charge in [0.2, 0.25) is 5.91 Å². The van der Waals surface area contributed by atoms with Crippen molar-refractivity contribution in [1.29, 1.82) is 0 Å². The van der Waals surface area contributed by atoms with Crippen LogP contribution >= 0.6 is 0 Å². The van der Waals surface area contributed by atoms with Gasteiger partial charge in [0, 0.05) is 39.1 Å². The summed E-state index contributed by atoms with van der Waals surface area (Å²) < 4.78 is 1.21. The van der Waals surface area contributed by atoms with Crippen LogP contribution in [0.4, 0.5) is 0 Å². The van der Waals surface area contributed by atoms with E-state index >= 15 is 0 Å². The fraction of sp³-hybridized carbons (Fsp3) is 0.500. The molecule has 1 fully saturated rings. The molecule has 8 nitrogen and oxygen atoms in total. The number of carbonyl (C=O) groups is 1. The van der Waals surface area contributed by atoms with Gasteiger partial charge in [-0.25, -0.2) is 4.68 Å². The molecular weight excluding hydrogens is 334 g/mol. The Bertz CT molecular complexity index is 867. The van der Waals surface area contributed by atoms with Crippen molar-refractivity contribution in [2.24, 2.45) is 0 Å². The first-order valence-electron chi connectivity index (χ1n) is 9.07. The molecule has 0 saturated carbocycles. The van der Waals surface area contributed by atoms with Crippen molar-refractivity contribution in [2.75, 3.05) is 39.3 Å². The van der Waals surface area contributed by atoms with Gasteiger partial charge >= 0.3 is 0 Å². The van der Waals surface area contributed by atoms with Crippen LogP contribution in [-0.4, -0.2) is 59.9 Å². The first kappa shape index (κ1) is 18.3. The van der Waals surface area contributed by atoms with Crippen LogP contribution in [-0.2, 0) is 11.3 Å². The summed E-state index contributed by atoms with van der Waals surface area (Å²) in [5.74, 6) is -0.119. The summed E-state index contributed by atoms with van der Waals surface area (Å²) in [6.45, 7) is 5.88. The molecule has 2 heterocycles. The van der Waals surface area contributed by atoms with E-state index in [0.29, 0.717) is 17.3 Å². The summed E-state index contributed by atoms with van der Waals surface area (Å²) >= 11 is 0. The molecule has 1 saturated heterocycles. The van der Waals surface area contributed by atoms with Crippen LogP contribution < -0.4 is 21.8 Å². The van der Waals surface area contributed by atoms with Gasteiger partial charge in [-0.15, -0.1) is 0 Å². The molecule has 0 unspecified atom stereocenters. The number of nitrogens with zero attached hydrogens (tertiary/aromatic N) is 2. The lowest BCUT2D eigenvalue weighted by Crippen LogP contribution is -2.44. The highest BCUT2D eigenvalue weighted by molar-refractivity contribution is 5.80.